The van der Waals surface area contributed by atoms with E-state index in [2.05, 4.69) is 32.0 Å². The molecule has 0 radical (unpaired) electrons. The molecular formula is C21H25FO. The zero-order chi connectivity index (χ0) is 16.4. The molecule has 0 amide bonds. The Morgan fingerprint density at radius 3 is 2.57 bits per heavy atom. The highest BCUT2D eigenvalue weighted by molar-refractivity contribution is 5.70. The van der Waals surface area contributed by atoms with E-state index in [1.165, 1.54) is 36.5 Å². The third kappa shape index (κ3) is 3.12. The second-order valence-electron chi connectivity index (χ2n) is 6.64. The number of ether oxygens (including phenoxy) is 1. The highest BCUT2D eigenvalue weighted by atomic mass is 19.1. The van der Waals surface area contributed by atoms with E-state index in [0.717, 1.165) is 12.0 Å². The van der Waals surface area contributed by atoms with Crippen LogP contribution in [0.3, 0.4) is 0 Å². The molecule has 0 aliphatic heterocycles. The number of methoxy groups -OCH3 is 1. The van der Waals surface area contributed by atoms with Crippen LogP contribution < -0.4 is 4.74 Å². The summed E-state index contributed by atoms with van der Waals surface area (Å²) in [5.74, 6) is 1.71. The van der Waals surface area contributed by atoms with Gasteiger partial charge in [-0.25, -0.2) is 4.39 Å². The minimum Gasteiger partial charge on any atom is -0.497 e. The van der Waals surface area contributed by atoms with Crippen LogP contribution in [0.25, 0.3) is 11.1 Å². The van der Waals surface area contributed by atoms with Gasteiger partial charge in [0.1, 0.15) is 11.6 Å². The predicted octanol–water partition coefficient (Wildman–Crippen LogP) is 5.97. The molecule has 122 valence electrons. The smallest absolute Gasteiger partial charge is 0.131 e. The molecule has 0 aromatic heterocycles. The Morgan fingerprint density at radius 1 is 1.09 bits per heavy atom. The fraction of sp³-hybridized carbons (Fsp3) is 0.429. The summed E-state index contributed by atoms with van der Waals surface area (Å²) in [5, 5.41) is 0. The molecule has 0 saturated heterocycles. The van der Waals surface area contributed by atoms with Crippen molar-refractivity contribution in [3.8, 4) is 16.9 Å². The van der Waals surface area contributed by atoms with Crippen molar-refractivity contribution >= 4 is 0 Å². The van der Waals surface area contributed by atoms with Crippen molar-refractivity contribution in [1.82, 2.24) is 0 Å². The van der Waals surface area contributed by atoms with Crippen LogP contribution in [0.15, 0.2) is 36.4 Å². The molecule has 0 bridgehead atoms. The molecular weight excluding hydrogens is 287 g/mol. The fourth-order valence-electron chi connectivity index (χ4n) is 3.83. The topological polar surface area (TPSA) is 9.23 Å². The number of aryl methyl sites for hydroxylation is 1. The van der Waals surface area contributed by atoms with Gasteiger partial charge in [0, 0.05) is 5.56 Å². The van der Waals surface area contributed by atoms with Crippen molar-refractivity contribution in [3.63, 3.8) is 0 Å². The Labute approximate surface area is 138 Å². The van der Waals surface area contributed by atoms with Crippen molar-refractivity contribution in [1.29, 1.82) is 0 Å². The van der Waals surface area contributed by atoms with E-state index in [-0.39, 0.29) is 5.82 Å². The number of rotatable bonds is 4. The Hall–Kier alpha value is -1.83. The van der Waals surface area contributed by atoms with Gasteiger partial charge in [-0.15, -0.1) is 0 Å². The van der Waals surface area contributed by atoms with Crippen LogP contribution >= 0.6 is 0 Å². The van der Waals surface area contributed by atoms with E-state index in [9.17, 15) is 4.39 Å². The molecule has 23 heavy (non-hydrogen) atoms. The summed E-state index contributed by atoms with van der Waals surface area (Å²) < 4.78 is 19.8. The van der Waals surface area contributed by atoms with Crippen LogP contribution in [-0.2, 0) is 6.42 Å². The highest BCUT2D eigenvalue weighted by Gasteiger charge is 2.28. The standard InChI is InChI=1S/C21H25FO/c1-4-15-8-10-18(19(12-15)17-7-5-6-14(17)2)20-13-16(23-3)9-11-21(20)22/h8-14,17H,4-7H2,1-3H3/t14-,17-/m0/s1. The molecule has 1 fully saturated rings. The van der Waals surface area contributed by atoms with Crippen molar-refractivity contribution in [3.05, 3.63) is 53.3 Å². The predicted molar refractivity (Wildman–Crippen MR) is 93.5 cm³/mol. The Balaban J connectivity index is 2.15. The van der Waals surface area contributed by atoms with E-state index >= 15 is 0 Å². The van der Waals surface area contributed by atoms with Gasteiger partial charge in [0.25, 0.3) is 0 Å². The van der Waals surface area contributed by atoms with E-state index in [0.29, 0.717) is 23.1 Å². The average Bonchev–Trinajstić information content (AvgIpc) is 3.01. The van der Waals surface area contributed by atoms with Crippen LogP contribution in [0, 0.1) is 11.7 Å². The van der Waals surface area contributed by atoms with Crippen LogP contribution in [0.4, 0.5) is 4.39 Å². The molecule has 0 spiro atoms. The van der Waals surface area contributed by atoms with Gasteiger partial charge in [0.15, 0.2) is 0 Å². The Morgan fingerprint density at radius 2 is 1.91 bits per heavy atom. The summed E-state index contributed by atoms with van der Waals surface area (Å²) in [7, 11) is 1.62. The maximum Gasteiger partial charge on any atom is 0.131 e. The summed E-state index contributed by atoms with van der Waals surface area (Å²) in [6, 6.07) is 11.5. The lowest BCUT2D eigenvalue weighted by Crippen LogP contribution is -2.05. The number of hydrogen-bond donors (Lipinski definition) is 0. The number of halogens is 1. The molecule has 0 N–H and O–H groups in total. The van der Waals surface area contributed by atoms with Crippen LogP contribution in [-0.4, -0.2) is 7.11 Å². The lowest BCUT2D eigenvalue weighted by atomic mass is 9.83. The van der Waals surface area contributed by atoms with Gasteiger partial charge >= 0.3 is 0 Å². The first kappa shape index (κ1) is 16.0. The van der Waals surface area contributed by atoms with Gasteiger partial charge in [-0.05, 0) is 59.6 Å². The van der Waals surface area contributed by atoms with Crippen LogP contribution in [0.2, 0.25) is 0 Å². The number of benzene rings is 2. The maximum absolute atomic E-state index is 14.5. The average molecular weight is 312 g/mol. The monoisotopic (exact) mass is 312 g/mol. The molecule has 2 aromatic carbocycles. The van der Waals surface area contributed by atoms with Crippen LogP contribution in [0.1, 0.15) is 50.2 Å². The number of hydrogen-bond acceptors (Lipinski definition) is 1. The van der Waals surface area contributed by atoms with E-state index in [1.54, 1.807) is 13.2 Å². The molecule has 1 nitrogen and oxygen atoms in total. The quantitative estimate of drug-likeness (QED) is 0.676. The normalized spacial score (nSPS) is 20.7. The third-order valence-electron chi connectivity index (χ3n) is 5.25. The van der Waals surface area contributed by atoms with Gasteiger partial charge in [0.2, 0.25) is 0 Å². The second-order valence-corrected chi connectivity index (χ2v) is 6.64. The van der Waals surface area contributed by atoms with Crippen molar-refractivity contribution in [2.24, 2.45) is 5.92 Å². The highest BCUT2D eigenvalue weighted by Crippen LogP contribution is 2.44. The summed E-state index contributed by atoms with van der Waals surface area (Å²) in [4.78, 5) is 0. The zero-order valence-electron chi connectivity index (χ0n) is 14.2. The molecule has 0 unspecified atom stereocenters. The molecule has 2 aromatic rings. The molecule has 3 rings (SSSR count). The first-order chi connectivity index (χ1) is 11.1. The van der Waals surface area contributed by atoms with E-state index < -0.39 is 0 Å². The van der Waals surface area contributed by atoms with Gasteiger partial charge < -0.3 is 4.74 Å². The minimum atomic E-state index is -0.179. The summed E-state index contributed by atoms with van der Waals surface area (Å²) >= 11 is 0. The third-order valence-corrected chi connectivity index (χ3v) is 5.25. The molecule has 2 atom stereocenters. The molecule has 1 aliphatic rings. The maximum atomic E-state index is 14.5. The van der Waals surface area contributed by atoms with E-state index in [4.69, 9.17) is 4.74 Å². The first-order valence-electron chi connectivity index (χ1n) is 8.60. The van der Waals surface area contributed by atoms with Crippen molar-refractivity contribution in [2.75, 3.05) is 7.11 Å². The fourth-order valence-corrected chi connectivity index (χ4v) is 3.83. The van der Waals surface area contributed by atoms with Gasteiger partial charge in [-0.2, -0.15) is 0 Å². The van der Waals surface area contributed by atoms with E-state index in [1.807, 2.05) is 6.07 Å². The van der Waals surface area contributed by atoms with Crippen LogP contribution in [0.5, 0.6) is 5.75 Å². The minimum absolute atomic E-state index is 0.179. The second kappa shape index (κ2) is 6.74. The SMILES string of the molecule is CCc1ccc(-c2cc(OC)ccc2F)c([C@H]2CCC[C@@H]2C)c1. The molecule has 2 heteroatoms. The lowest BCUT2D eigenvalue weighted by Gasteiger charge is -2.21. The van der Waals surface area contributed by atoms with Gasteiger partial charge in [-0.1, -0.05) is 44.9 Å². The lowest BCUT2D eigenvalue weighted by molar-refractivity contribution is 0.414. The van der Waals surface area contributed by atoms with Crippen molar-refractivity contribution < 1.29 is 9.13 Å². The molecule has 1 aliphatic carbocycles. The van der Waals surface area contributed by atoms with Gasteiger partial charge in [0.05, 0.1) is 7.11 Å². The summed E-state index contributed by atoms with van der Waals surface area (Å²) in [6.45, 7) is 4.49. The Bertz CT molecular complexity index is 692. The van der Waals surface area contributed by atoms with Crippen molar-refractivity contribution in [2.45, 2.75) is 45.4 Å². The van der Waals surface area contributed by atoms with Gasteiger partial charge in [-0.3, -0.25) is 0 Å². The molecule has 0 heterocycles. The summed E-state index contributed by atoms with van der Waals surface area (Å²) in [5.41, 5.74) is 4.31. The first-order valence-corrected chi connectivity index (χ1v) is 8.60. The summed E-state index contributed by atoms with van der Waals surface area (Å²) in [6.07, 6.45) is 4.74. The largest absolute Gasteiger partial charge is 0.497 e. The molecule has 1 saturated carbocycles. The Kier molecular flexibility index (Phi) is 4.70. The zero-order valence-corrected chi connectivity index (χ0v) is 14.2.